The Bertz CT molecular complexity index is 343. The van der Waals surface area contributed by atoms with Gasteiger partial charge in [-0.05, 0) is 44.4 Å². The third-order valence-corrected chi connectivity index (χ3v) is 5.92. The van der Waals surface area contributed by atoms with Gasteiger partial charge in [-0.15, -0.1) is 0 Å². The van der Waals surface area contributed by atoms with Gasteiger partial charge in [0.15, 0.2) is 0 Å². The average molecular weight is 278 g/mol. The maximum absolute atomic E-state index is 12.7. The van der Waals surface area contributed by atoms with Crippen LogP contribution in [-0.2, 0) is 4.79 Å². The maximum Gasteiger partial charge on any atom is 0.224 e. The van der Waals surface area contributed by atoms with Crippen LogP contribution in [0.1, 0.15) is 77.0 Å². The zero-order valence-electron chi connectivity index (χ0n) is 12.8. The van der Waals surface area contributed by atoms with Crippen LogP contribution in [0.2, 0.25) is 0 Å². The Morgan fingerprint density at radius 1 is 1.00 bits per heavy atom. The molecule has 2 N–H and O–H groups in total. The fourth-order valence-corrected chi connectivity index (χ4v) is 4.77. The SMILES string of the molecule is NC1(CC(=O)N2CCCC2C2CCCCC2)CCCC1. The van der Waals surface area contributed by atoms with Crippen LogP contribution >= 0.6 is 0 Å². The van der Waals surface area contributed by atoms with Gasteiger partial charge in [0.25, 0.3) is 0 Å². The van der Waals surface area contributed by atoms with E-state index >= 15 is 0 Å². The van der Waals surface area contributed by atoms with Crippen LogP contribution in [0.4, 0.5) is 0 Å². The number of hydrogen-bond donors (Lipinski definition) is 1. The van der Waals surface area contributed by atoms with E-state index in [1.54, 1.807) is 0 Å². The maximum atomic E-state index is 12.7. The normalized spacial score (nSPS) is 30.9. The summed E-state index contributed by atoms with van der Waals surface area (Å²) >= 11 is 0. The van der Waals surface area contributed by atoms with Crippen molar-refractivity contribution >= 4 is 5.91 Å². The summed E-state index contributed by atoms with van der Waals surface area (Å²) in [6.07, 6.45) is 14.3. The van der Waals surface area contributed by atoms with Crippen LogP contribution in [0.3, 0.4) is 0 Å². The molecule has 3 rings (SSSR count). The molecule has 1 atom stereocenters. The second-order valence-electron chi connectivity index (χ2n) is 7.44. The van der Waals surface area contributed by atoms with E-state index in [9.17, 15) is 4.79 Å². The molecular formula is C17H30N2O. The second-order valence-corrected chi connectivity index (χ2v) is 7.44. The zero-order chi connectivity index (χ0) is 14.0. The summed E-state index contributed by atoms with van der Waals surface area (Å²) in [6.45, 7) is 0.982. The minimum absolute atomic E-state index is 0.184. The largest absolute Gasteiger partial charge is 0.339 e. The van der Waals surface area contributed by atoms with Crippen LogP contribution in [0.5, 0.6) is 0 Å². The van der Waals surface area contributed by atoms with Crippen LogP contribution in [0.15, 0.2) is 0 Å². The molecule has 0 spiro atoms. The first-order chi connectivity index (χ1) is 9.68. The van der Waals surface area contributed by atoms with E-state index in [-0.39, 0.29) is 5.54 Å². The lowest BCUT2D eigenvalue weighted by Crippen LogP contribution is -2.47. The fraction of sp³-hybridized carbons (Fsp3) is 0.941. The van der Waals surface area contributed by atoms with Crippen molar-refractivity contribution in [1.29, 1.82) is 0 Å². The van der Waals surface area contributed by atoms with Crippen molar-refractivity contribution in [3.05, 3.63) is 0 Å². The first-order valence-electron chi connectivity index (χ1n) is 8.76. The smallest absolute Gasteiger partial charge is 0.224 e. The number of rotatable bonds is 3. The Labute approximate surface area is 123 Å². The summed E-state index contributed by atoms with van der Waals surface area (Å²) in [5.74, 6) is 1.12. The van der Waals surface area contributed by atoms with Crippen LogP contribution in [0.25, 0.3) is 0 Å². The summed E-state index contributed by atoms with van der Waals surface area (Å²) < 4.78 is 0. The Kier molecular flexibility index (Phi) is 4.34. The molecule has 1 amide bonds. The van der Waals surface area contributed by atoms with Gasteiger partial charge in [0.1, 0.15) is 0 Å². The van der Waals surface area contributed by atoms with Crippen molar-refractivity contribution < 1.29 is 4.79 Å². The molecule has 1 unspecified atom stereocenters. The Morgan fingerprint density at radius 2 is 1.70 bits per heavy atom. The van der Waals surface area contributed by atoms with Gasteiger partial charge in [-0.25, -0.2) is 0 Å². The summed E-state index contributed by atoms with van der Waals surface area (Å²) in [5, 5.41) is 0. The summed E-state index contributed by atoms with van der Waals surface area (Å²) in [6, 6.07) is 0.535. The van der Waals surface area contributed by atoms with Gasteiger partial charge in [-0.2, -0.15) is 0 Å². The van der Waals surface area contributed by atoms with Crippen LogP contribution in [-0.4, -0.2) is 28.9 Å². The monoisotopic (exact) mass is 278 g/mol. The Balaban J connectivity index is 1.60. The number of carbonyl (C=O) groups is 1. The molecule has 2 aliphatic carbocycles. The average Bonchev–Trinajstić information content (AvgIpc) is 3.08. The van der Waals surface area contributed by atoms with Gasteiger partial charge in [0.2, 0.25) is 5.91 Å². The van der Waals surface area contributed by atoms with E-state index in [0.29, 0.717) is 18.4 Å². The molecule has 0 aromatic rings. The lowest BCUT2D eigenvalue weighted by molar-refractivity contribution is -0.134. The number of hydrogen-bond acceptors (Lipinski definition) is 2. The fourth-order valence-electron chi connectivity index (χ4n) is 4.77. The van der Waals surface area contributed by atoms with Crippen molar-refractivity contribution in [3.8, 4) is 0 Å². The molecule has 3 aliphatic rings. The highest BCUT2D eigenvalue weighted by Gasteiger charge is 2.39. The van der Waals surface area contributed by atoms with E-state index in [4.69, 9.17) is 5.73 Å². The first-order valence-corrected chi connectivity index (χ1v) is 8.76. The van der Waals surface area contributed by atoms with Gasteiger partial charge in [-0.1, -0.05) is 32.1 Å². The number of likely N-dealkylation sites (tertiary alicyclic amines) is 1. The third kappa shape index (κ3) is 3.03. The van der Waals surface area contributed by atoms with Gasteiger partial charge < -0.3 is 10.6 Å². The zero-order valence-corrected chi connectivity index (χ0v) is 12.8. The quantitative estimate of drug-likeness (QED) is 0.861. The molecule has 0 radical (unpaired) electrons. The van der Waals surface area contributed by atoms with E-state index in [1.165, 1.54) is 57.8 Å². The van der Waals surface area contributed by atoms with Gasteiger partial charge in [0.05, 0.1) is 0 Å². The highest BCUT2D eigenvalue weighted by atomic mass is 16.2. The van der Waals surface area contributed by atoms with Gasteiger partial charge in [-0.3, -0.25) is 4.79 Å². The van der Waals surface area contributed by atoms with Crippen LogP contribution < -0.4 is 5.73 Å². The van der Waals surface area contributed by atoms with E-state index in [1.807, 2.05) is 0 Å². The van der Waals surface area contributed by atoms with Crippen molar-refractivity contribution in [2.75, 3.05) is 6.54 Å². The number of nitrogens with two attached hydrogens (primary N) is 1. The van der Waals surface area contributed by atoms with E-state index in [2.05, 4.69) is 4.90 Å². The molecule has 114 valence electrons. The third-order valence-electron chi connectivity index (χ3n) is 5.92. The number of nitrogens with zero attached hydrogens (tertiary/aromatic N) is 1. The molecular weight excluding hydrogens is 248 g/mol. The lowest BCUT2D eigenvalue weighted by atomic mass is 9.82. The molecule has 3 nitrogen and oxygen atoms in total. The molecule has 1 aliphatic heterocycles. The van der Waals surface area contributed by atoms with Crippen molar-refractivity contribution in [2.24, 2.45) is 11.7 Å². The standard InChI is InChI=1S/C17H30N2O/c18-17(10-4-5-11-17)13-16(20)19-12-6-9-15(19)14-7-2-1-3-8-14/h14-15H,1-13,18H2. The highest BCUT2D eigenvalue weighted by molar-refractivity contribution is 5.78. The summed E-state index contributed by atoms with van der Waals surface area (Å²) in [5.41, 5.74) is 6.22. The first kappa shape index (κ1) is 14.4. The Morgan fingerprint density at radius 3 is 2.40 bits per heavy atom. The molecule has 0 aromatic carbocycles. The van der Waals surface area contributed by atoms with E-state index < -0.39 is 0 Å². The molecule has 2 saturated carbocycles. The van der Waals surface area contributed by atoms with Crippen LogP contribution in [0, 0.1) is 5.92 Å². The molecule has 1 saturated heterocycles. The minimum Gasteiger partial charge on any atom is -0.339 e. The van der Waals surface area contributed by atoms with Crippen molar-refractivity contribution in [3.63, 3.8) is 0 Å². The lowest BCUT2D eigenvalue weighted by Gasteiger charge is -2.35. The van der Waals surface area contributed by atoms with Crippen molar-refractivity contribution in [2.45, 2.75) is 88.6 Å². The predicted octanol–water partition coefficient (Wildman–Crippen LogP) is 3.22. The molecule has 3 fully saturated rings. The van der Waals surface area contributed by atoms with Gasteiger partial charge in [0, 0.05) is 24.5 Å². The topological polar surface area (TPSA) is 46.3 Å². The molecule has 0 bridgehead atoms. The number of carbonyl (C=O) groups excluding carboxylic acids is 1. The Hall–Kier alpha value is -0.570. The number of amides is 1. The summed E-state index contributed by atoms with van der Waals surface area (Å²) in [7, 11) is 0. The molecule has 20 heavy (non-hydrogen) atoms. The highest BCUT2D eigenvalue weighted by Crippen LogP contribution is 2.36. The summed E-state index contributed by atoms with van der Waals surface area (Å²) in [4.78, 5) is 14.9. The molecule has 1 heterocycles. The predicted molar refractivity (Wildman–Crippen MR) is 81.3 cm³/mol. The van der Waals surface area contributed by atoms with E-state index in [0.717, 1.165) is 25.3 Å². The molecule has 3 heteroatoms. The minimum atomic E-state index is -0.184. The van der Waals surface area contributed by atoms with Crippen molar-refractivity contribution in [1.82, 2.24) is 4.90 Å². The molecule has 0 aromatic heterocycles. The second kappa shape index (κ2) is 6.05. The van der Waals surface area contributed by atoms with Gasteiger partial charge >= 0.3 is 0 Å².